The molecule has 1 aromatic heterocycles. The Morgan fingerprint density at radius 1 is 1.39 bits per heavy atom. The van der Waals surface area contributed by atoms with Gasteiger partial charge in [-0.2, -0.15) is 0 Å². The number of aryl methyl sites for hydroxylation is 1. The first kappa shape index (κ1) is 12.2. The van der Waals surface area contributed by atoms with Gasteiger partial charge in [0.05, 0.1) is 12.7 Å². The molecule has 0 aliphatic rings. The van der Waals surface area contributed by atoms with Crippen LogP contribution in [0.3, 0.4) is 0 Å². The Bertz CT molecular complexity index is 600. The minimum absolute atomic E-state index is 0.0649. The molecular weight excluding hydrogens is 234 g/mol. The fraction of sp³-hybridized carbons (Fsp3) is 0.231. The second-order valence-corrected chi connectivity index (χ2v) is 3.96. The van der Waals surface area contributed by atoms with Gasteiger partial charge in [-0.15, -0.1) is 0 Å². The Labute approximate surface area is 103 Å². The zero-order valence-corrected chi connectivity index (χ0v) is 9.90. The van der Waals surface area contributed by atoms with E-state index >= 15 is 0 Å². The average molecular weight is 247 g/mol. The van der Waals surface area contributed by atoms with Gasteiger partial charge in [-0.25, -0.2) is 4.79 Å². The molecule has 5 nitrogen and oxygen atoms in total. The molecule has 0 aliphatic heterocycles. The van der Waals surface area contributed by atoms with Gasteiger partial charge >= 0.3 is 11.9 Å². The van der Waals surface area contributed by atoms with Gasteiger partial charge in [-0.05, 0) is 30.2 Å². The van der Waals surface area contributed by atoms with Gasteiger partial charge in [-0.3, -0.25) is 4.79 Å². The third-order valence-corrected chi connectivity index (χ3v) is 2.80. The summed E-state index contributed by atoms with van der Waals surface area (Å²) in [6.45, 7) is 0. The number of methoxy groups -OCH3 is 1. The van der Waals surface area contributed by atoms with E-state index in [9.17, 15) is 9.59 Å². The van der Waals surface area contributed by atoms with Crippen molar-refractivity contribution in [3.05, 3.63) is 35.5 Å². The van der Waals surface area contributed by atoms with Crippen LogP contribution in [0, 0.1) is 0 Å². The first-order valence-electron chi connectivity index (χ1n) is 5.52. The van der Waals surface area contributed by atoms with Gasteiger partial charge in [0.2, 0.25) is 0 Å². The molecular formula is C13H13NO4. The number of fused-ring (bicyclic) bond motifs is 1. The molecule has 0 radical (unpaired) electrons. The zero-order chi connectivity index (χ0) is 13.1. The van der Waals surface area contributed by atoms with Crippen LogP contribution in [-0.4, -0.2) is 29.1 Å². The molecule has 1 heterocycles. The summed E-state index contributed by atoms with van der Waals surface area (Å²) in [6, 6.07) is 5.17. The Morgan fingerprint density at radius 2 is 2.17 bits per heavy atom. The van der Waals surface area contributed by atoms with Crippen molar-refractivity contribution >= 4 is 22.8 Å². The standard InChI is InChI=1S/C13H13NO4/c1-18-13(17)8-2-4-11-10(6-8)9(7-14-11)3-5-12(15)16/h2,4,6-7,14H,3,5H2,1H3,(H,15,16). The second kappa shape index (κ2) is 4.91. The lowest BCUT2D eigenvalue weighted by molar-refractivity contribution is -0.136. The topological polar surface area (TPSA) is 79.4 Å². The number of ether oxygens (including phenoxy) is 1. The van der Waals surface area contributed by atoms with Crippen LogP contribution >= 0.6 is 0 Å². The molecule has 1 aromatic carbocycles. The normalized spacial score (nSPS) is 10.5. The number of hydrogen-bond donors (Lipinski definition) is 2. The summed E-state index contributed by atoms with van der Waals surface area (Å²) in [7, 11) is 1.33. The summed E-state index contributed by atoms with van der Waals surface area (Å²) in [5.74, 6) is -1.24. The number of aromatic amines is 1. The van der Waals surface area contributed by atoms with Crippen molar-refractivity contribution in [3.63, 3.8) is 0 Å². The van der Waals surface area contributed by atoms with Crippen LogP contribution in [0.1, 0.15) is 22.3 Å². The minimum atomic E-state index is -0.839. The third kappa shape index (κ3) is 2.34. The van der Waals surface area contributed by atoms with Crippen molar-refractivity contribution in [1.29, 1.82) is 0 Å². The van der Waals surface area contributed by atoms with Crippen LogP contribution in [0.2, 0.25) is 0 Å². The lowest BCUT2D eigenvalue weighted by atomic mass is 10.1. The summed E-state index contributed by atoms with van der Waals surface area (Å²) in [5.41, 5.74) is 2.22. The lowest BCUT2D eigenvalue weighted by Gasteiger charge is -2.01. The van der Waals surface area contributed by atoms with Crippen molar-refractivity contribution in [2.24, 2.45) is 0 Å². The molecule has 2 N–H and O–H groups in total. The predicted molar refractivity (Wildman–Crippen MR) is 65.6 cm³/mol. The lowest BCUT2D eigenvalue weighted by Crippen LogP contribution is -2.01. The number of carbonyl (C=O) groups excluding carboxylic acids is 1. The van der Waals surface area contributed by atoms with Crippen LogP contribution in [0.4, 0.5) is 0 Å². The number of rotatable bonds is 4. The molecule has 2 aromatic rings. The summed E-state index contributed by atoms with van der Waals surface area (Å²) in [5, 5.41) is 9.54. The first-order valence-corrected chi connectivity index (χ1v) is 5.52. The molecule has 94 valence electrons. The monoisotopic (exact) mass is 247 g/mol. The van der Waals surface area contributed by atoms with Crippen LogP contribution in [0.25, 0.3) is 10.9 Å². The number of carbonyl (C=O) groups is 2. The molecule has 0 fully saturated rings. The Kier molecular flexibility index (Phi) is 3.32. The summed E-state index contributed by atoms with van der Waals surface area (Å²) < 4.78 is 4.66. The highest BCUT2D eigenvalue weighted by Crippen LogP contribution is 2.21. The van der Waals surface area contributed by atoms with E-state index < -0.39 is 11.9 Å². The van der Waals surface area contributed by atoms with Crippen molar-refractivity contribution in [2.45, 2.75) is 12.8 Å². The number of nitrogens with one attached hydrogen (secondary N) is 1. The van der Waals surface area contributed by atoms with Gasteiger partial charge in [0.15, 0.2) is 0 Å². The van der Waals surface area contributed by atoms with Crippen molar-refractivity contribution < 1.29 is 19.4 Å². The van der Waals surface area contributed by atoms with Gasteiger partial charge in [0, 0.05) is 23.5 Å². The molecule has 2 rings (SSSR count). The molecule has 0 saturated carbocycles. The molecule has 0 spiro atoms. The Hall–Kier alpha value is -2.30. The predicted octanol–water partition coefficient (Wildman–Crippen LogP) is 1.97. The number of carboxylic acids is 1. The highest BCUT2D eigenvalue weighted by molar-refractivity contribution is 5.95. The molecule has 5 heteroatoms. The average Bonchev–Trinajstić information content (AvgIpc) is 2.77. The maximum Gasteiger partial charge on any atom is 0.337 e. The van der Waals surface area contributed by atoms with Crippen LogP contribution in [-0.2, 0) is 16.0 Å². The number of H-pyrrole nitrogens is 1. The first-order chi connectivity index (χ1) is 8.61. The molecule has 0 unspecified atom stereocenters. The van der Waals surface area contributed by atoms with Gasteiger partial charge < -0.3 is 14.8 Å². The largest absolute Gasteiger partial charge is 0.481 e. The van der Waals surface area contributed by atoms with Crippen molar-refractivity contribution in [2.75, 3.05) is 7.11 Å². The quantitative estimate of drug-likeness (QED) is 0.809. The van der Waals surface area contributed by atoms with Gasteiger partial charge in [0.25, 0.3) is 0 Å². The van der Waals surface area contributed by atoms with E-state index in [0.717, 1.165) is 16.5 Å². The maximum absolute atomic E-state index is 11.4. The number of aliphatic carboxylic acids is 1. The van der Waals surface area contributed by atoms with Crippen LogP contribution < -0.4 is 0 Å². The van der Waals surface area contributed by atoms with E-state index in [1.807, 2.05) is 0 Å². The number of esters is 1. The SMILES string of the molecule is COC(=O)c1ccc2[nH]cc(CCC(=O)O)c2c1. The highest BCUT2D eigenvalue weighted by atomic mass is 16.5. The number of carboxylic acid groups (broad SMARTS) is 1. The van der Waals surface area contributed by atoms with Gasteiger partial charge in [-0.1, -0.05) is 0 Å². The molecule has 0 bridgehead atoms. The number of benzene rings is 1. The second-order valence-electron chi connectivity index (χ2n) is 3.96. The smallest absolute Gasteiger partial charge is 0.337 e. The molecule has 0 atom stereocenters. The Morgan fingerprint density at radius 3 is 2.83 bits per heavy atom. The summed E-state index contributed by atoms with van der Waals surface area (Å²) in [6.07, 6.45) is 2.27. The van der Waals surface area contributed by atoms with Crippen molar-refractivity contribution in [3.8, 4) is 0 Å². The fourth-order valence-corrected chi connectivity index (χ4v) is 1.87. The number of aromatic nitrogens is 1. The van der Waals surface area contributed by atoms with Gasteiger partial charge in [0.1, 0.15) is 0 Å². The van der Waals surface area contributed by atoms with E-state index in [-0.39, 0.29) is 6.42 Å². The molecule has 0 aliphatic carbocycles. The molecule has 18 heavy (non-hydrogen) atoms. The van der Waals surface area contributed by atoms with E-state index in [1.165, 1.54) is 7.11 Å². The van der Waals surface area contributed by atoms with E-state index in [1.54, 1.807) is 24.4 Å². The van der Waals surface area contributed by atoms with Crippen LogP contribution in [0.5, 0.6) is 0 Å². The van der Waals surface area contributed by atoms with E-state index in [0.29, 0.717) is 12.0 Å². The highest BCUT2D eigenvalue weighted by Gasteiger charge is 2.10. The third-order valence-electron chi connectivity index (χ3n) is 2.80. The van der Waals surface area contributed by atoms with Crippen molar-refractivity contribution in [1.82, 2.24) is 4.98 Å². The van der Waals surface area contributed by atoms with E-state index in [2.05, 4.69) is 9.72 Å². The maximum atomic E-state index is 11.4. The summed E-state index contributed by atoms with van der Waals surface area (Å²) in [4.78, 5) is 25.0. The van der Waals surface area contributed by atoms with Crippen LogP contribution in [0.15, 0.2) is 24.4 Å². The zero-order valence-electron chi connectivity index (χ0n) is 9.90. The molecule has 0 amide bonds. The number of hydrogen-bond acceptors (Lipinski definition) is 3. The fourth-order valence-electron chi connectivity index (χ4n) is 1.87. The Balaban J connectivity index is 2.37. The van der Waals surface area contributed by atoms with E-state index in [4.69, 9.17) is 5.11 Å². The summed E-state index contributed by atoms with van der Waals surface area (Å²) >= 11 is 0. The minimum Gasteiger partial charge on any atom is -0.481 e. The molecule has 0 saturated heterocycles.